The third-order valence-electron chi connectivity index (χ3n) is 5.11. The fourth-order valence-electron chi connectivity index (χ4n) is 2.08. The van der Waals surface area contributed by atoms with Crippen LogP contribution in [-0.4, -0.2) is 78.5 Å². The third-order valence-corrected chi connectivity index (χ3v) is 5.11. The predicted molar refractivity (Wildman–Crippen MR) is 123 cm³/mol. The second kappa shape index (κ2) is 20.2. The van der Waals surface area contributed by atoms with Gasteiger partial charge < -0.3 is 28.4 Å². The molecule has 0 heterocycles. The molecule has 0 N–H and O–H groups in total. The van der Waals surface area contributed by atoms with Gasteiger partial charge in [-0.3, -0.25) is 28.8 Å². The smallest absolute Gasteiger partial charge is 0.322 e. The third kappa shape index (κ3) is 15.4. The first-order valence-electron chi connectivity index (χ1n) is 10.7. The van der Waals surface area contributed by atoms with Gasteiger partial charge in [0.1, 0.15) is 0 Å². The van der Waals surface area contributed by atoms with Crippen molar-refractivity contribution in [3.8, 4) is 0 Å². The summed E-state index contributed by atoms with van der Waals surface area (Å²) < 4.78 is 26.9. The summed E-state index contributed by atoms with van der Waals surface area (Å²) in [4.78, 5) is 63.4. The lowest BCUT2D eigenvalue weighted by Crippen LogP contribution is -2.35. The van der Waals surface area contributed by atoms with E-state index in [1.807, 2.05) is 13.8 Å². The summed E-state index contributed by atoms with van der Waals surface area (Å²) in [6.07, 6.45) is 0. The lowest BCUT2D eigenvalue weighted by Gasteiger charge is -2.17. The zero-order valence-electron chi connectivity index (χ0n) is 22.3. The van der Waals surface area contributed by atoms with Crippen molar-refractivity contribution >= 4 is 36.8 Å². The number of methoxy groups -OCH3 is 4. The van der Waals surface area contributed by atoms with E-state index in [1.54, 1.807) is 13.8 Å². The second-order valence-electron chi connectivity index (χ2n) is 8.05. The minimum absolute atomic E-state index is 0.204. The fraction of sp³-hybridized carbons (Fsp3) is 0.739. The normalized spacial score (nSPS) is 13.3. The molecule has 35 heavy (non-hydrogen) atoms. The summed E-state index contributed by atoms with van der Waals surface area (Å²) in [6.45, 7) is 11.6. The van der Waals surface area contributed by atoms with Crippen molar-refractivity contribution in [2.45, 2.75) is 41.5 Å². The van der Waals surface area contributed by atoms with Crippen molar-refractivity contribution in [1.29, 1.82) is 0 Å². The molecule has 0 aliphatic heterocycles. The van der Waals surface area contributed by atoms with Crippen LogP contribution in [0, 0.1) is 29.1 Å². The summed E-state index contributed by atoms with van der Waals surface area (Å²) >= 11 is 0. The van der Waals surface area contributed by atoms with Gasteiger partial charge in [0, 0.05) is 0 Å². The SMILES string of the molecule is CC(COC=O)C(C)COC=O.COC(=O)C(C)(C)C(=O)OC.COC(=O)C(C)C(C)C(=O)OC. The van der Waals surface area contributed by atoms with Crippen LogP contribution in [0.2, 0.25) is 0 Å². The van der Waals surface area contributed by atoms with Crippen molar-refractivity contribution in [2.75, 3.05) is 41.7 Å². The molecule has 12 heteroatoms. The van der Waals surface area contributed by atoms with E-state index < -0.39 is 41.1 Å². The average molecular weight is 509 g/mol. The molecular weight excluding hydrogens is 468 g/mol. The molecule has 0 saturated heterocycles. The highest BCUT2D eigenvalue weighted by atomic mass is 16.6. The zero-order chi connectivity index (χ0) is 28.2. The molecule has 4 atom stereocenters. The van der Waals surface area contributed by atoms with Gasteiger partial charge >= 0.3 is 23.9 Å². The van der Waals surface area contributed by atoms with Crippen LogP contribution >= 0.6 is 0 Å². The van der Waals surface area contributed by atoms with Crippen LogP contribution in [0.3, 0.4) is 0 Å². The number of ether oxygens (including phenoxy) is 6. The Balaban J connectivity index is -0.000000439. The van der Waals surface area contributed by atoms with Crippen LogP contribution in [0.25, 0.3) is 0 Å². The number of hydrogen-bond acceptors (Lipinski definition) is 12. The van der Waals surface area contributed by atoms with Gasteiger partial charge in [0.15, 0.2) is 5.41 Å². The molecule has 0 aliphatic rings. The van der Waals surface area contributed by atoms with Crippen LogP contribution in [-0.2, 0) is 57.2 Å². The largest absolute Gasteiger partial charge is 0.469 e. The Morgan fingerprint density at radius 2 is 0.914 bits per heavy atom. The van der Waals surface area contributed by atoms with Gasteiger partial charge in [-0.1, -0.05) is 27.7 Å². The Hall–Kier alpha value is -3.18. The minimum atomic E-state index is -1.20. The van der Waals surface area contributed by atoms with E-state index >= 15 is 0 Å². The fourth-order valence-corrected chi connectivity index (χ4v) is 2.08. The molecule has 4 unspecified atom stereocenters. The first-order chi connectivity index (χ1) is 16.2. The lowest BCUT2D eigenvalue weighted by atomic mass is 9.94. The molecule has 12 nitrogen and oxygen atoms in total. The second-order valence-corrected chi connectivity index (χ2v) is 8.05. The van der Waals surface area contributed by atoms with Crippen molar-refractivity contribution < 1.29 is 57.2 Å². The minimum Gasteiger partial charge on any atom is -0.469 e. The van der Waals surface area contributed by atoms with Gasteiger partial charge in [-0.25, -0.2) is 0 Å². The van der Waals surface area contributed by atoms with Gasteiger partial charge in [-0.2, -0.15) is 0 Å². The molecule has 0 aliphatic carbocycles. The van der Waals surface area contributed by atoms with E-state index in [0.717, 1.165) is 0 Å². The van der Waals surface area contributed by atoms with Crippen LogP contribution < -0.4 is 0 Å². The highest BCUT2D eigenvalue weighted by Crippen LogP contribution is 2.18. The summed E-state index contributed by atoms with van der Waals surface area (Å²) in [6, 6.07) is 0. The number of rotatable bonds is 12. The standard InChI is InChI=1S/2C8H14O4.C7H12O4/c1-7(3-11-5-9)8(2)4-12-6-10;1-5(7(9)11-3)6(2)8(10)12-4;1-7(2,5(8)10-3)6(9)11-4/h5-8H,3-4H2,1-2H3;5-6H,1-4H3;1-4H3. The van der Waals surface area contributed by atoms with Crippen molar-refractivity contribution in [3.63, 3.8) is 0 Å². The molecule has 0 fully saturated rings. The molecule has 0 spiro atoms. The van der Waals surface area contributed by atoms with E-state index in [2.05, 4.69) is 28.4 Å². The number of hydrogen-bond donors (Lipinski definition) is 0. The van der Waals surface area contributed by atoms with Crippen LogP contribution in [0.1, 0.15) is 41.5 Å². The van der Waals surface area contributed by atoms with Crippen molar-refractivity contribution in [1.82, 2.24) is 0 Å². The first kappa shape index (κ1) is 36.4. The molecule has 0 saturated carbocycles. The maximum atomic E-state index is 10.9. The van der Waals surface area contributed by atoms with Crippen LogP contribution in [0.15, 0.2) is 0 Å². The van der Waals surface area contributed by atoms with Gasteiger partial charge in [-0.15, -0.1) is 0 Å². The lowest BCUT2D eigenvalue weighted by molar-refractivity contribution is -0.166. The van der Waals surface area contributed by atoms with Crippen molar-refractivity contribution in [2.24, 2.45) is 29.1 Å². The number of carbonyl (C=O) groups is 6. The van der Waals surface area contributed by atoms with E-state index in [4.69, 9.17) is 0 Å². The molecule has 0 aromatic rings. The van der Waals surface area contributed by atoms with Gasteiger partial charge in [-0.05, 0) is 25.7 Å². The molecule has 0 aromatic heterocycles. The molecule has 0 aromatic carbocycles. The van der Waals surface area contributed by atoms with Gasteiger partial charge in [0.2, 0.25) is 0 Å². The van der Waals surface area contributed by atoms with Crippen LogP contribution in [0.4, 0.5) is 0 Å². The van der Waals surface area contributed by atoms with Gasteiger partial charge in [0.05, 0.1) is 53.5 Å². The van der Waals surface area contributed by atoms with Crippen molar-refractivity contribution in [3.05, 3.63) is 0 Å². The average Bonchev–Trinajstić information content (AvgIpc) is 2.87. The Morgan fingerprint density at radius 1 is 0.629 bits per heavy atom. The first-order valence-corrected chi connectivity index (χ1v) is 10.7. The molecule has 0 rings (SSSR count). The van der Waals surface area contributed by atoms with E-state index in [9.17, 15) is 28.8 Å². The number of carbonyl (C=O) groups excluding carboxylic acids is 6. The van der Waals surface area contributed by atoms with E-state index in [0.29, 0.717) is 26.2 Å². The summed E-state index contributed by atoms with van der Waals surface area (Å²) in [5, 5.41) is 0. The summed E-state index contributed by atoms with van der Waals surface area (Å²) in [7, 11) is 5.05. The highest BCUT2D eigenvalue weighted by Gasteiger charge is 2.38. The Bertz CT molecular complexity index is 605. The quantitative estimate of drug-likeness (QED) is 0.162. The topological polar surface area (TPSA) is 158 Å². The van der Waals surface area contributed by atoms with Crippen LogP contribution in [0.5, 0.6) is 0 Å². The van der Waals surface area contributed by atoms with E-state index in [-0.39, 0.29) is 11.8 Å². The number of esters is 4. The molecule has 0 radical (unpaired) electrons. The Kier molecular flexibility index (Phi) is 21.0. The maximum absolute atomic E-state index is 10.9. The zero-order valence-corrected chi connectivity index (χ0v) is 22.3. The van der Waals surface area contributed by atoms with Gasteiger partial charge in [0.25, 0.3) is 12.9 Å². The summed E-state index contributed by atoms with van der Waals surface area (Å²) in [5.74, 6) is -2.48. The monoisotopic (exact) mass is 508 g/mol. The highest BCUT2D eigenvalue weighted by molar-refractivity contribution is 5.98. The molecule has 0 bridgehead atoms. The molecule has 204 valence electrons. The molecular formula is C23H40O12. The predicted octanol–water partition coefficient (Wildman–Crippen LogP) is 1.57. The Morgan fingerprint density at radius 3 is 1.11 bits per heavy atom. The van der Waals surface area contributed by atoms with E-state index in [1.165, 1.54) is 42.3 Å². The Labute approximate surface area is 206 Å². The summed E-state index contributed by atoms with van der Waals surface area (Å²) in [5.41, 5.74) is -1.20. The maximum Gasteiger partial charge on any atom is 0.322 e. The molecule has 0 amide bonds.